The minimum Gasteiger partial charge on any atom is -0.0776 e. The van der Waals surface area contributed by atoms with Crippen molar-refractivity contribution in [3.05, 3.63) is 0 Å². The summed E-state index contributed by atoms with van der Waals surface area (Å²) in [6.07, 6.45) is 10.4. The molecule has 12 heavy (non-hydrogen) atoms. The third kappa shape index (κ3) is 6.69. The Morgan fingerprint density at radius 1 is 1.00 bits per heavy atom. The molecule has 0 atom stereocenters. The van der Waals surface area contributed by atoms with Crippen LogP contribution in [0.25, 0.3) is 0 Å². The molecule has 0 unspecified atom stereocenters. The van der Waals surface area contributed by atoms with E-state index in [0.29, 0.717) is 0 Å². The molecule has 0 aromatic carbocycles. The minimum atomic E-state index is 0. The lowest BCUT2D eigenvalue weighted by Crippen LogP contribution is -2.04. The minimum absolute atomic E-state index is 0. The Morgan fingerprint density at radius 2 is 1.50 bits per heavy atom. The van der Waals surface area contributed by atoms with E-state index in [1.54, 1.807) is 0 Å². The Balaban J connectivity index is 0. The van der Waals surface area contributed by atoms with Gasteiger partial charge in [-0.3, -0.25) is 0 Å². The van der Waals surface area contributed by atoms with Crippen LogP contribution in [0.5, 0.6) is 0 Å². The summed E-state index contributed by atoms with van der Waals surface area (Å²) in [6, 6.07) is 0. The van der Waals surface area contributed by atoms with Crippen LogP contribution in [0.1, 0.15) is 73.1 Å². The molecule has 1 fully saturated rings. The topological polar surface area (TPSA) is 0 Å². The first kappa shape index (κ1) is 14.5. The lowest BCUT2D eigenvalue weighted by atomic mass is 9.86. The van der Waals surface area contributed by atoms with E-state index in [9.17, 15) is 0 Å². The van der Waals surface area contributed by atoms with Gasteiger partial charge in [0.25, 0.3) is 0 Å². The zero-order chi connectivity index (χ0) is 8.53. The van der Waals surface area contributed by atoms with Gasteiger partial charge >= 0.3 is 0 Å². The first-order valence-electron chi connectivity index (χ1n) is 5.43. The zero-order valence-electron chi connectivity index (χ0n) is 8.53. The van der Waals surface area contributed by atoms with E-state index >= 15 is 0 Å². The van der Waals surface area contributed by atoms with Crippen LogP contribution in [-0.2, 0) is 0 Å². The maximum absolute atomic E-state index is 2.30. The lowest BCUT2D eigenvalue weighted by molar-refractivity contribution is 0.336. The molecule has 0 aliphatic heterocycles. The predicted octanol–water partition coefficient (Wildman–Crippen LogP) is 5.03. The zero-order valence-corrected chi connectivity index (χ0v) is 8.53. The summed E-state index contributed by atoms with van der Waals surface area (Å²) >= 11 is 0. The van der Waals surface area contributed by atoms with Crippen molar-refractivity contribution in [1.29, 1.82) is 0 Å². The molecule has 1 rings (SSSR count). The third-order valence-electron chi connectivity index (χ3n) is 2.42. The van der Waals surface area contributed by atoms with Crippen LogP contribution in [0.15, 0.2) is 0 Å². The SMILES string of the molecule is C.CC.CCCC1CCCCC1. The van der Waals surface area contributed by atoms with Gasteiger partial charge in [0.05, 0.1) is 0 Å². The van der Waals surface area contributed by atoms with Gasteiger partial charge in [0.2, 0.25) is 0 Å². The monoisotopic (exact) mass is 172 g/mol. The summed E-state index contributed by atoms with van der Waals surface area (Å²) < 4.78 is 0. The fraction of sp³-hybridized carbons (Fsp3) is 1.00. The lowest BCUT2D eigenvalue weighted by Gasteiger charge is -2.20. The molecule has 0 saturated heterocycles. The van der Waals surface area contributed by atoms with Gasteiger partial charge in [-0.25, -0.2) is 0 Å². The van der Waals surface area contributed by atoms with Crippen molar-refractivity contribution < 1.29 is 0 Å². The normalized spacial score (nSPS) is 17.2. The summed E-state index contributed by atoms with van der Waals surface area (Å²) in [5.74, 6) is 1.10. The molecular formula is C12H28. The maximum atomic E-state index is 2.30. The van der Waals surface area contributed by atoms with Gasteiger partial charge in [0.15, 0.2) is 0 Å². The first-order valence-corrected chi connectivity index (χ1v) is 5.43. The highest BCUT2D eigenvalue weighted by atomic mass is 14.2. The fourth-order valence-electron chi connectivity index (χ4n) is 1.88. The molecule has 0 heteroatoms. The predicted molar refractivity (Wildman–Crippen MR) is 59.6 cm³/mol. The highest BCUT2D eigenvalue weighted by molar-refractivity contribution is 4.64. The Kier molecular flexibility index (Phi) is 13.3. The van der Waals surface area contributed by atoms with Crippen LogP contribution < -0.4 is 0 Å². The van der Waals surface area contributed by atoms with Crippen molar-refractivity contribution in [1.82, 2.24) is 0 Å². The highest BCUT2D eigenvalue weighted by Gasteiger charge is 2.10. The smallest absolute Gasteiger partial charge is 0.0414 e. The van der Waals surface area contributed by atoms with Crippen LogP contribution in [0, 0.1) is 5.92 Å². The van der Waals surface area contributed by atoms with Crippen LogP contribution in [0.3, 0.4) is 0 Å². The van der Waals surface area contributed by atoms with Gasteiger partial charge in [-0.1, -0.05) is 73.1 Å². The fourth-order valence-corrected chi connectivity index (χ4v) is 1.88. The van der Waals surface area contributed by atoms with Gasteiger partial charge in [0.1, 0.15) is 0 Å². The number of rotatable bonds is 2. The summed E-state index contributed by atoms with van der Waals surface area (Å²) in [5.41, 5.74) is 0. The quantitative estimate of drug-likeness (QED) is 0.548. The van der Waals surface area contributed by atoms with E-state index in [1.807, 2.05) is 13.8 Å². The summed E-state index contributed by atoms with van der Waals surface area (Å²) in [7, 11) is 0. The van der Waals surface area contributed by atoms with E-state index < -0.39 is 0 Å². The summed E-state index contributed by atoms with van der Waals surface area (Å²) in [6.45, 7) is 6.30. The summed E-state index contributed by atoms with van der Waals surface area (Å²) in [4.78, 5) is 0. The molecule has 1 aliphatic rings. The van der Waals surface area contributed by atoms with Crippen molar-refractivity contribution in [3.63, 3.8) is 0 Å². The van der Waals surface area contributed by atoms with Gasteiger partial charge in [-0.2, -0.15) is 0 Å². The molecule has 0 bridgehead atoms. The van der Waals surface area contributed by atoms with Crippen molar-refractivity contribution >= 4 is 0 Å². The molecule has 0 spiro atoms. The Labute approximate surface area is 79.8 Å². The third-order valence-corrected chi connectivity index (χ3v) is 2.42. The molecule has 0 amide bonds. The van der Waals surface area contributed by atoms with E-state index in [0.717, 1.165) is 5.92 Å². The molecule has 76 valence electrons. The molecule has 1 saturated carbocycles. The van der Waals surface area contributed by atoms with Crippen molar-refractivity contribution in [2.24, 2.45) is 5.92 Å². The Hall–Kier alpha value is 0. The first-order chi connectivity index (χ1) is 5.43. The van der Waals surface area contributed by atoms with E-state index in [4.69, 9.17) is 0 Å². The molecular weight excluding hydrogens is 144 g/mol. The van der Waals surface area contributed by atoms with Gasteiger partial charge in [-0.15, -0.1) is 0 Å². The highest BCUT2D eigenvalue weighted by Crippen LogP contribution is 2.26. The van der Waals surface area contributed by atoms with Crippen LogP contribution in [0.4, 0.5) is 0 Å². The van der Waals surface area contributed by atoms with E-state index in [2.05, 4.69) is 6.92 Å². The molecule has 0 nitrogen and oxygen atoms in total. The van der Waals surface area contributed by atoms with Crippen molar-refractivity contribution in [3.8, 4) is 0 Å². The van der Waals surface area contributed by atoms with Gasteiger partial charge < -0.3 is 0 Å². The molecule has 0 N–H and O–H groups in total. The van der Waals surface area contributed by atoms with Gasteiger partial charge in [-0.05, 0) is 5.92 Å². The molecule has 0 aromatic heterocycles. The Morgan fingerprint density at radius 3 is 1.92 bits per heavy atom. The average Bonchev–Trinajstić information content (AvgIpc) is 2.11. The second-order valence-corrected chi connectivity index (χ2v) is 3.29. The van der Waals surface area contributed by atoms with Crippen LogP contribution in [0.2, 0.25) is 0 Å². The van der Waals surface area contributed by atoms with Crippen molar-refractivity contribution in [2.45, 2.75) is 73.1 Å². The Bertz CT molecular complexity index is 57.7. The van der Waals surface area contributed by atoms with Crippen molar-refractivity contribution in [2.75, 3.05) is 0 Å². The standard InChI is InChI=1S/C9H18.C2H6.CH4/c1-2-6-9-7-4-3-5-8-9;1-2;/h9H,2-8H2,1H3;1-2H3;1H4. The number of hydrogen-bond donors (Lipinski definition) is 0. The van der Waals surface area contributed by atoms with E-state index in [-0.39, 0.29) is 7.43 Å². The summed E-state index contributed by atoms with van der Waals surface area (Å²) in [5, 5.41) is 0. The molecule has 0 heterocycles. The van der Waals surface area contributed by atoms with E-state index in [1.165, 1.54) is 44.9 Å². The second kappa shape index (κ2) is 11.0. The van der Waals surface area contributed by atoms with Crippen LogP contribution in [-0.4, -0.2) is 0 Å². The largest absolute Gasteiger partial charge is 0.0776 e. The average molecular weight is 172 g/mol. The second-order valence-electron chi connectivity index (χ2n) is 3.29. The molecule has 0 aromatic rings. The molecule has 0 radical (unpaired) electrons. The molecule has 1 aliphatic carbocycles. The number of hydrogen-bond acceptors (Lipinski definition) is 0. The maximum Gasteiger partial charge on any atom is -0.0414 e. The van der Waals surface area contributed by atoms with Gasteiger partial charge in [0, 0.05) is 0 Å². The van der Waals surface area contributed by atoms with Crippen LogP contribution >= 0.6 is 0 Å².